The minimum Gasteiger partial charge on any atom is -0.488 e. The SMILES string of the molecule is Cc1cc(CN2CCCC[C@@H]2C=O)c(OCc2cncc(C#N)c2)cc1OCc1cccc(-c2ccc3c(c2)OCCO3)c1C. The minimum absolute atomic E-state index is 0.0937. The number of rotatable bonds is 10. The fraction of sp³-hybridized carbons (Fsp3) is 0.324. The number of carbonyl (C=O) groups excluding carboxylic acids is 1. The first-order valence-corrected chi connectivity index (χ1v) is 15.4. The number of fused-ring (bicyclic) bond motifs is 1. The van der Waals surface area contributed by atoms with Crippen molar-refractivity contribution in [2.24, 2.45) is 0 Å². The van der Waals surface area contributed by atoms with E-state index in [9.17, 15) is 10.1 Å². The molecule has 0 saturated carbocycles. The van der Waals surface area contributed by atoms with Crippen molar-refractivity contribution < 1.29 is 23.7 Å². The second-order valence-corrected chi connectivity index (χ2v) is 11.6. The Morgan fingerprint density at radius 3 is 2.64 bits per heavy atom. The summed E-state index contributed by atoms with van der Waals surface area (Å²) in [5.41, 5.74) is 7.67. The lowest BCUT2D eigenvalue weighted by atomic mass is 9.96. The van der Waals surface area contributed by atoms with Crippen molar-refractivity contribution in [1.29, 1.82) is 5.26 Å². The van der Waals surface area contributed by atoms with Crippen LogP contribution < -0.4 is 18.9 Å². The van der Waals surface area contributed by atoms with Gasteiger partial charge in [-0.2, -0.15) is 5.26 Å². The number of aryl methyl sites for hydroxylation is 1. The van der Waals surface area contributed by atoms with Gasteiger partial charge in [0.25, 0.3) is 0 Å². The van der Waals surface area contributed by atoms with Gasteiger partial charge in [0.15, 0.2) is 11.5 Å². The summed E-state index contributed by atoms with van der Waals surface area (Å²) < 4.78 is 24.3. The van der Waals surface area contributed by atoms with Crippen molar-refractivity contribution in [3.63, 3.8) is 0 Å². The maximum absolute atomic E-state index is 11.8. The number of carbonyl (C=O) groups is 1. The topological polar surface area (TPSA) is 93.9 Å². The lowest BCUT2D eigenvalue weighted by Gasteiger charge is -2.32. The summed E-state index contributed by atoms with van der Waals surface area (Å²) in [4.78, 5) is 18.2. The van der Waals surface area contributed by atoms with E-state index in [1.807, 2.05) is 31.2 Å². The minimum atomic E-state index is -0.0937. The van der Waals surface area contributed by atoms with Crippen molar-refractivity contribution in [3.05, 3.63) is 100 Å². The van der Waals surface area contributed by atoms with Crippen molar-refractivity contribution in [3.8, 4) is 40.2 Å². The van der Waals surface area contributed by atoms with Crippen LogP contribution in [0.15, 0.2) is 67.0 Å². The number of benzene rings is 3. The number of hydrogen-bond acceptors (Lipinski definition) is 8. The van der Waals surface area contributed by atoms with Crippen molar-refractivity contribution >= 4 is 6.29 Å². The van der Waals surface area contributed by atoms with Gasteiger partial charge in [0.2, 0.25) is 0 Å². The number of nitriles is 1. The molecule has 1 atom stereocenters. The Morgan fingerprint density at radius 1 is 0.956 bits per heavy atom. The third-order valence-corrected chi connectivity index (χ3v) is 8.55. The van der Waals surface area contributed by atoms with E-state index in [1.54, 1.807) is 12.3 Å². The van der Waals surface area contributed by atoms with Crippen LogP contribution in [0.4, 0.5) is 0 Å². The molecule has 0 spiro atoms. The third kappa shape index (κ3) is 6.95. The highest BCUT2D eigenvalue weighted by Crippen LogP contribution is 2.37. The van der Waals surface area contributed by atoms with E-state index in [-0.39, 0.29) is 12.6 Å². The molecule has 4 aromatic rings. The maximum atomic E-state index is 11.8. The smallest absolute Gasteiger partial charge is 0.161 e. The molecule has 1 saturated heterocycles. The summed E-state index contributed by atoms with van der Waals surface area (Å²) in [6.07, 6.45) is 7.30. The second-order valence-electron chi connectivity index (χ2n) is 11.6. The quantitative estimate of drug-likeness (QED) is 0.185. The van der Waals surface area contributed by atoms with Crippen LogP contribution in [0.5, 0.6) is 23.0 Å². The van der Waals surface area contributed by atoms with Crippen LogP contribution in [0.1, 0.15) is 52.6 Å². The molecular formula is C37H37N3O5. The Bertz CT molecular complexity index is 1730. The normalized spacial score (nSPS) is 16.1. The standard InChI is InChI=1S/C37H37N3O5/c1-25-14-31(21-40-11-4-3-7-32(40)22-41)36(44-23-28-15-27(18-38)19-39-20-28)17-35(25)45-24-30-6-5-8-33(26(30)2)29-9-10-34-37(16-29)43-13-12-42-34/h5-6,8-10,14-17,19-20,22,32H,3-4,7,11-13,21,23-24H2,1-2H3/t32-/m1/s1. The highest BCUT2D eigenvalue weighted by atomic mass is 16.6. The predicted molar refractivity (Wildman–Crippen MR) is 171 cm³/mol. The van der Waals surface area contributed by atoms with E-state index in [4.69, 9.17) is 18.9 Å². The van der Waals surface area contributed by atoms with Crippen LogP contribution in [0.25, 0.3) is 11.1 Å². The van der Waals surface area contributed by atoms with Crippen LogP contribution in [-0.4, -0.2) is 42.0 Å². The predicted octanol–water partition coefficient (Wildman–Crippen LogP) is 6.72. The van der Waals surface area contributed by atoms with Crippen molar-refractivity contribution in [2.75, 3.05) is 19.8 Å². The van der Waals surface area contributed by atoms with Crippen LogP contribution >= 0.6 is 0 Å². The Kier molecular flexibility index (Phi) is 9.27. The maximum Gasteiger partial charge on any atom is 0.161 e. The van der Waals surface area contributed by atoms with Gasteiger partial charge in [-0.05, 0) is 85.3 Å². The molecule has 1 aromatic heterocycles. The molecule has 230 valence electrons. The number of aromatic nitrogens is 1. The van der Waals surface area contributed by atoms with Crippen LogP contribution in [-0.2, 0) is 24.6 Å². The highest BCUT2D eigenvalue weighted by molar-refractivity contribution is 5.71. The first kappa shape index (κ1) is 30.2. The van der Waals surface area contributed by atoms with E-state index in [0.717, 1.165) is 88.3 Å². The zero-order valence-corrected chi connectivity index (χ0v) is 25.8. The summed E-state index contributed by atoms with van der Waals surface area (Å²) in [5, 5.41) is 9.30. The molecular weight excluding hydrogens is 566 g/mol. The van der Waals surface area contributed by atoms with Gasteiger partial charge in [-0.25, -0.2) is 0 Å². The molecule has 0 aliphatic carbocycles. The summed E-state index contributed by atoms with van der Waals surface area (Å²) in [6.45, 7) is 7.37. The molecule has 0 unspecified atom stereocenters. The Labute approximate surface area is 264 Å². The Hall–Kier alpha value is -4.87. The van der Waals surface area contributed by atoms with Gasteiger partial charge in [0.1, 0.15) is 50.3 Å². The van der Waals surface area contributed by atoms with Gasteiger partial charge >= 0.3 is 0 Å². The molecule has 45 heavy (non-hydrogen) atoms. The van der Waals surface area contributed by atoms with Gasteiger partial charge in [0, 0.05) is 36.1 Å². The molecule has 1 fully saturated rings. The summed E-state index contributed by atoms with van der Waals surface area (Å²) >= 11 is 0. The molecule has 6 rings (SSSR count). The first-order valence-electron chi connectivity index (χ1n) is 15.4. The van der Waals surface area contributed by atoms with Gasteiger partial charge in [-0.3, -0.25) is 9.88 Å². The van der Waals surface area contributed by atoms with Crippen LogP contribution in [0.2, 0.25) is 0 Å². The first-order chi connectivity index (χ1) is 22.0. The average Bonchev–Trinajstić information content (AvgIpc) is 3.08. The van der Waals surface area contributed by atoms with E-state index in [1.165, 1.54) is 6.20 Å². The average molecular weight is 604 g/mol. The van der Waals surface area contributed by atoms with Crippen LogP contribution in [0, 0.1) is 25.2 Å². The number of pyridine rings is 1. The molecule has 0 bridgehead atoms. The summed E-state index contributed by atoms with van der Waals surface area (Å²) in [6, 6.07) is 20.2. The van der Waals surface area contributed by atoms with Crippen LogP contribution in [0.3, 0.4) is 0 Å². The second kappa shape index (κ2) is 13.8. The molecule has 2 aliphatic heterocycles. The number of piperidine rings is 1. The summed E-state index contributed by atoms with van der Waals surface area (Å²) in [7, 11) is 0. The number of aldehydes is 1. The van der Waals surface area contributed by atoms with Crippen molar-refractivity contribution in [2.45, 2.75) is 58.9 Å². The van der Waals surface area contributed by atoms with E-state index < -0.39 is 0 Å². The summed E-state index contributed by atoms with van der Waals surface area (Å²) in [5.74, 6) is 2.96. The molecule has 0 amide bonds. The van der Waals surface area contributed by atoms with E-state index in [0.29, 0.717) is 37.7 Å². The van der Waals surface area contributed by atoms with Crippen molar-refractivity contribution in [1.82, 2.24) is 9.88 Å². The Morgan fingerprint density at radius 2 is 1.80 bits per heavy atom. The van der Waals surface area contributed by atoms with Gasteiger partial charge < -0.3 is 23.7 Å². The molecule has 8 heteroatoms. The molecule has 8 nitrogen and oxygen atoms in total. The monoisotopic (exact) mass is 603 g/mol. The molecule has 0 N–H and O–H groups in total. The number of likely N-dealkylation sites (tertiary alicyclic amines) is 1. The third-order valence-electron chi connectivity index (χ3n) is 8.55. The molecule has 0 radical (unpaired) electrons. The molecule has 2 aliphatic rings. The van der Waals surface area contributed by atoms with E-state index >= 15 is 0 Å². The molecule has 3 heterocycles. The lowest BCUT2D eigenvalue weighted by molar-refractivity contribution is -0.113. The van der Waals surface area contributed by atoms with Gasteiger partial charge in [0.05, 0.1) is 11.6 Å². The van der Waals surface area contributed by atoms with Gasteiger partial charge in [-0.15, -0.1) is 0 Å². The number of ether oxygens (including phenoxy) is 4. The number of hydrogen-bond donors (Lipinski definition) is 0. The fourth-order valence-corrected chi connectivity index (χ4v) is 6.04. The zero-order chi connectivity index (χ0) is 31.2. The number of nitrogens with zero attached hydrogens (tertiary/aromatic N) is 3. The highest BCUT2D eigenvalue weighted by Gasteiger charge is 2.24. The fourth-order valence-electron chi connectivity index (χ4n) is 6.04. The lowest BCUT2D eigenvalue weighted by Crippen LogP contribution is -2.39. The zero-order valence-electron chi connectivity index (χ0n) is 25.8. The Balaban J connectivity index is 1.25. The molecule has 3 aromatic carbocycles. The van der Waals surface area contributed by atoms with Gasteiger partial charge in [-0.1, -0.05) is 30.7 Å². The van der Waals surface area contributed by atoms with E-state index in [2.05, 4.69) is 47.1 Å². The largest absolute Gasteiger partial charge is 0.488 e.